The lowest BCUT2D eigenvalue weighted by Gasteiger charge is -2.18. The zero-order valence-corrected chi connectivity index (χ0v) is 19.7. The molecule has 172 valence electrons. The highest BCUT2D eigenvalue weighted by Crippen LogP contribution is 2.40. The monoisotopic (exact) mass is 479 g/mol. The van der Waals surface area contributed by atoms with Crippen LogP contribution in [-0.2, 0) is 36.9 Å². The van der Waals surface area contributed by atoms with E-state index in [1.165, 1.54) is 35.6 Å². The molecule has 3 rings (SSSR count). The summed E-state index contributed by atoms with van der Waals surface area (Å²) in [6.07, 6.45) is 3.55. The van der Waals surface area contributed by atoms with Gasteiger partial charge < -0.3 is 14.8 Å². The lowest BCUT2D eigenvalue weighted by Crippen LogP contribution is -2.22. The maximum atomic E-state index is 12.5. The first-order chi connectivity index (χ1) is 15.1. The van der Waals surface area contributed by atoms with Gasteiger partial charge in [-0.3, -0.25) is 4.79 Å². The van der Waals surface area contributed by atoms with Crippen LogP contribution in [0, 0.1) is 5.92 Å². The number of carbonyl (C=O) groups excluding carboxylic acids is 3. The van der Waals surface area contributed by atoms with Crippen LogP contribution in [0.15, 0.2) is 29.2 Å². The van der Waals surface area contributed by atoms with Crippen molar-refractivity contribution >= 4 is 44.0 Å². The van der Waals surface area contributed by atoms with E-state index in [2.05, 4.69) is 12.2 Å². The SMILES string of the molecule is CCOC(=O)c1c(NC(=O)COC(=O)c2cccc(S(C)(=O)=O)c2)sc2c1CC[C@@H](C)C2. The van der Waals surface area contributed by atoms with Gasteiger partial charge in [0.2, 0.25) is 0 Å². The van der Waals surface area contributed by atoms with Crippen LogP contribution in [-0.4, -0.2) is 45.7 Å². The molecule has 1 aromatic heterocycles. The van der Waals surface area contributed by atoms with Crippen molar-refractivity contribution in [3.8, 4) is 0 Å². The minimum Gasteiger partial charge on any atom is -0.462 e. The number of amides is 1. The molecule has 0 unspecified atom stereocenters. The molecule has 0 spiro atoms. The Hall–Kier alpha value is -2.72. The van der Waals surface area contributed by atoms with Gasteiger partial charge in [-0.05, 0) is 55.9 Å². The van der Waals surface area contributed by atoms with Crippen LogP contribution in [0.3, 0.4) is 0 Å². The molecule has 0 saturated carbocycles. The summed E-state index contributed by atoms with van der Waals surface area (Å²) in [6, 6.07) is 5.40. The first-order valence-corrected chi connectivity index (χ1v) is 12.9. The van der Waals surface area contributed by atoms with Gasteiger partial charge in [-0.15, -0.1) is 11.3 Å². The van der Waals surface area contributed by atoms with Gasteiger partial charge >= 0.3 is 11.9 Å². The minimum absolute atomic E-state index is 0.0196. The second-order valence-corrected chi connectivity index (χ2v) is 10.8. The molecule has 10 heteroatoms. The number of rotatable bonds is 7. The Bertz CT molecular complexity index is 1150. The van der Waals surface area contributed by atoms with Gasteiger partial charge in [-0.25, -0.2) is 18.0 Å². The number of sulfone groups is 1. The van der Waals surface area contributed by atoms with Gasteiger partial charge in [-0.1, -0.05) is 13.0 Å². The Labute approximate surface area is 190 Å². The van der Waals surface area contributed by atoms with E-state index < -0.39 is 34.3 Å². The van der Waals surface area contributed by atoms with Crippen LogP contribution in [0.25, 0.3) is 0 Å². The molecule has 1 N–H and O–H groups in total. The summed E-state index contributed by atoms with van der Waals surface area (Å²) in [4.78, 5) is 38.3. The predicted octanol–water partition coefficient (Wildman–Crippen LogP) is 3.25. The van der Waals surface area contributed by atoms with Crippen molar-refractivity contribution < 1.29 is 32.3 Å². The summed E-state index contributed by atoms with van der Waals surface area (Å²) in [6.45, 7) is 3.50. The van der Waals surface area contributed by atoms with Crippen molar-refractivity contribution in [1.29, 1.82) is 0 Å². The standard InChI is InChI=1S/C22H25NO7S2/c1-4-29-22(26)19-16-9-8-13(2)10-17(16)31-20(19)23-18(24)12-30-21(25)14-6-5-7-15(11-14)32(3,27)28/h5-7,11,13H,4,8-10,12H2,1-3H3,(H,23,24)/t13-/m1/s1. The number of hydrogen-bond acceptors (Lipinski definition) is 8. The zero-order valence-electron chi connectivity index (χ0n) is 18.1. The maximum absolute atomic E-state index is 12.5. The van der Waals surface area contributed by atoms with Crippen LogP contribution in [0.4, 0.5) is 5.00 Å². The molecule has 2 aromatic rings. The molecule has 0 fully saturated rings. The first-order valence-electron chi connectivity index (χ1n) is 10.2. The van der Waals surface area contributed by atoms with Gasteiger partial charge in [-0.2, -0.15) is 0 Å². The Balaban J connectivity index is 1.71. The van der Waals surface area contributed by atoms with Crippen LogP contribution in [0.1, 0.15) is 51.4 Å². The Morgan fingerprint density at radius 2 is 1.94 bits per heavy atom. The van der Waals surface area contributed by atoms with E-state index in [0.29, 0.717) is 16.5 Å². The van der Waals surface area contributed by atoms with Gasteiger partial charge in [0, 0.05) is 11.1 Å². The fraction of sp³-hybridized carbons (Fsp3) is 0.409. The topological polar surface area (TPSA) is 116 Å². The summed E-state index contributed by atoms with van der Waals surface area (Å²) in [5, 5.41) is 3.06. The Morgan fingerprint density at radius 3 is 2.62 bits per heavy atom. The zero-order chi connectivity index (χ0) is 23.5. The number of benzene rings is 1. The second kappa shape index (κ2) is 9.83. The van der Waals surface area contributed by atoms with Gasteiger partial charge in [0.15, 0.2) is 16.4 Å². The lowest BCUT2D eigenvalue weighted by atomic mass is 9.88. The molecule has 1 aromatic carbocycles. The second-order valence-electron chi connectivity index (χ2n) is 7.70. The Kier molecular flexibility index (Phi) is 7.35. The minimum atomic E-state index is -3.48. The number of fused-ring (bicyclic) bond motifs is 1. The number of ether oxygens (including phenoxy) is 2. The van der Waals surface area contributed by atoms with Gasteiger partial charge in [0.1, 0.15) is 5.00 Å². The third-order valence-corrected chi connectivity index (χ3v) is 7.36. The summed E-state index contributed by atoms with van der Waals surface area (Å²) in [5.41, 5.74) is 1.31. The third kappa shape index (κ3) is 5.55. The third-order valence-electron chi connectivity index (χ3n) is 5.08. The highest BCUT2D eigenvalue weighted by molar-refractivity contribution is 7.90. The van der Waals surface area contributed by atoms with E-state index in [4.69, 9.17) is 9.47 Å². The van der Waals surface area contributed by atoms with E-state index in [9.17, 15) is 22.8 Å². The predicted molar refractivity (Wildman–Crippen MR) is 120 cm³/mol. The normalized spacial score (nSPS) is 15.5. The summed E-state index contributed by atoms with van der Waals surface area (Å²) in [7, 11) is -3.48. The van der Waals surface area contributed by atoms with E-state index in [1.54, 1.807) is 6.92 Å². The smallest absolute Gasteiger partial charge is 0.341 e. The molecule has 0 radical (unpaired) electrons. The molecule has 32 heavy (non-hydrogen) atoms. The quantitative estimate of drug-likeness (QED) is 0.606. The summed E-state index contributed by atoms with van der Waals surface area (Å²) >= 11 is 1.34. The van der Waals surface area contributed by atoms with Crippen LogP contribution >= 0.6 is 11.3 Å². The molecule has 8 nitrogen and oxygen atoms in total. The van der Waals surface area contributed by atoms with Crippen molar-refractivity contribution in [3.63, 3.8) is 0 Å². The first kappa shape index (κ1) is 23.9. The van der Waals surface area contributed by atoms with Gasteiger partial charge in [0.25, 0.3) is 5.91 Å². The van der Waals surface area contributed by atoms with Crippen molar-refractivity contribution in [1.82, 2.24) is 0 Å². The van der Waals surface area contributed by atoms with E-state index in [0.717, 1.165) is 36.0 Å². The molecular formula is C22H25NO7S2. The largest absolute Gasteiger partial charge is 0.462 e. The number of anilines is 1. The van der Waals surface area contributed by atoms with E-state index in [-0.39, 0.29) is 17.1 Å². The lowest BCUT2D eigenvalue weighted by molar-refractivity contribution is -0.119. The van der Waals surface area contributed by atoms with Crippen molar-refractivity contribution in [2.75, 3.05) is 24.8 Å². The summed E-state index contributed by atoms with van der Waals surface area (Å²) < 4.78 is 33.5. The summed E-state index contributed by atoms with van der Waals surface area (Å²) in [5.74, 6) is -1.42. The average Bonchev–Trinajstić information content (AvgIpc) is 3.08. The maximum Gasteiger partial charge on any atom is 0.341 e. The average molecular weight is 480 g/mol. The number of esters is 2. The van der Waals surface area contributed by atoms with Crippen LogP contribution in [0.2, 0.25) is 0 Å². The van der Waals surface area contributed by atoms with Crippen LogP contribution < -0.4 is 5.32 Å². The van der Waals surface area contributed by atoms with Crippen LogP contribution in [0.5, 0.6) is 0 Å². The van der Waals surface area contributed by atoms with E-state index >= 15 is 0 Å². The number of carbonyl (C=O) groups is 3. The van der Waals surface area contributed by atoms with Crippen molar-refractivity contribution in [2.45, 2.75) is 38.0 Å². The highest BCUT2D eigenvalue weighted by Gasteiger charge is 2.29. The molecule has 0 saturated heterocycles. The molecule has 1 aliphatic rings. The molecule has 1 atom stereocenters. The number of hydrogen-bond donors (Lipinski definition) is 1. The number of nitrogens with one attached hydrogen (secondary N) is 1. The van der Waals surface area contributed by atoms with Gasteiger partial charge in [0.05, 0.1) is 22.6 Å². The fourth-order valence-electron chi connectivity index (χ4n) is 3.49. The molecule has 0 bridgehead atoms. The number of thiophene rings is 1. The molecule has 1 amide bonds. The highest BCUT2D eigenvalue weighted by atomic mass is 32.2. The Morgan fingerprint density at radius 1 is 1.19 bits per heavy atom. The molecular weight excluding hydrogens is 454 g/mol. The van der Waals surface area contributed by atoms with E-state index in [1.807, 2.05) is 0 Å². The molecule has 1 aliphatic carbocycles. The van der Waals surface area contributed by atoms with Crippen molar-refractivity contribution in [2.24, 2.45) is 5.92 Å². The molecule has 0 aliphatic heterocycles. The molecule has 1 heterocycles. The van der Waals surface area contributed by atoms with Crippen molar-refractivity contribution in [3.05, 3.63) is 45.8 Å². The fourth-order valence-corrected chi connectivity index (χ4v) is 5.57.